The number of rotatable bonds is 1. The summed E-state index contributed by atoms with van der Waals surface area (Å²) in [5.74, 6) is 0.290. The highest BCUT2D eigenvalue weighted by Crippen LogP contribution is 2.27. The molecule has 0 spiro atoms. The number of benzene rings is 2. The lowest BCUT2D eigenvalue weighted by Crippen LogP contribution is -1.82. The molecule has 76 valence electrons. The van der Waals surface area contributed by atoms with Crippen LogP contribution in [-0.4, -0.2) is 5.11 Å². The van der Waals surface area contributed by atoms with Gasteiger partial charge in [-0.3, -0.25) is 0 Å². The van der Waals surface area contributed by atoms with Crippen LogP contribution in [0.2, 0.25) is 5.02 Å². The fourth-order valence-electron chi connectivity index (χ4n) is 1.63. The summed E-state index contributed by atoms with van der Waals surface area (Å²) < 4.78 is 0. The first-order chi connectivity index (χ1) is 7.16. The Bertz CT molecular complexity index is 492. The second kappa shape index (κ2) is 3.95. The molecule has 0 aromatic heterocycles. The van der Waals surface area contributed by atoms with Crippen molar-refractivity contribution in [3.8, 4) is 16.9 Å². The Labute approximate surface area is 94.0 Å². The molecule has 0 bridgehead atoms. The molecule has 2 aromatic carbocycles. The van der Waals surface area contributed by atoms with Crippen molar-refractivity contribution in [3.63, 3.8) is 0 Å². The molecule has 0 heterocycles. The molecule has 0 aliphatic rings. The number of halogens is 1. The van der Waals surface area contributed by atoms with Gasteiger partial charge in [0.1, 0.15) is 5.75 Å². The van der Waals surface area contributed by atoms with Gasteiger partial charge in [0.2, 0.25) is 0 Å². The Kier molecular flexibility index (Phi) is 2.65. The van der Waals surface area contributed by atoms with Crippen LogP contribution in [-0.2, 0) is 0 Å². The standard InChI is InChI=1S/C13H11ClO/c1-9-7-12(15)5-6-13(9)10-3-2-4-11(14)8-10/h2-8,15H,1H3. The van der Waals surface area contributed by atoms with E-state index >= 15 is 0 Å². The van der Waals surface area contributed by atoms with Gasteiger partial charge in [0.15, 0.2) is 0 Å². The molecule has 0 saturated heterocycles. The second-order valence-corrected chi connectivity index (χ2v) is 3.95. The molecule has 0 atom stereocenters. The lowest BCUT2D eigenvalue weighted by Gasteiger charge is -2.06. The van der Waals surface area contributed by atoms with Gasteiger partial charge in [-0.15, -0.1) is 0 Å². The van der Waals surface area contributed by atoms with E-state index in [0.717, 1.165) is 21.7 Å². The van der Waals surface area contributed by atoms with Crippen LogP contribution in [0.3, 0.4) is 0 Å². The fraction of sp³-hybridized carbons (Fsp3) is 0.0769. The zero-order valence-corrected chi connectivity index (χ0v) is 9.12. The van der Waals surface area contributed by atoms with E-state index in [-0.39, 0.29) is 0 Å². The zero-order chi connectivity index (χ0) is 10.8. The highest BCUT2D eigenvalue weighted by Gasteiger charge is 2.02. The smallest absolute Gasteiger partial charge is 0.115 e. The number of aromatic hydroxyl groups is 1. The summed E-state index contributed by atoms with van der Waals surface area (Å²) in [6.45, 7) is 1.97. The van der Waals surface area contributed by atoms with Gasteiger partial charge in [-0.2, -0.15) is 0 Å². The average molecular weight is 219 g/mol. The molecule has 2 rings (SSSR count). The molecule has 2 heteroatoms. The monoisotopic (exact) mass is 218 g/mol. The van der Waals surface area contributed by atoms with Crippen LogP contribution in [0.5, 0.6) is 5.75 Å². The Morgan fingerprint density at radius 2 is 1.87 bits per heavy atom. The summed E-state index contributed by atoms with van der Waals surface area (Å²) >= 11 is 5.93. The maximum atomic E-state index is 9.31. The van der Waals surface area contributed by atoms with Crippen LogP contribution in [0.1, 0.15) is 5.56 Å². The Hall–Kier alpha value is -1.47. The summed E-state index contributed by atoms with van der Waals surface area (Å²) in [7, 11) is 0. The first-order valence-electron chi connectivity index (χ1n) is 4.72. The summed E-state index contributed by atoms with van der Waals surface area (Å²) in [6, 6.07) is 13.0. The van der Waals surface area contributed by atoms with Crippen molar-refractivity contribution < 1.29 is 5.11 Å². The van der Waals surface area contributed by atoms with Crippen LogP contribution < -0.4 is 0 Å². The molecule has 0 aliphatic carbocycles. The normalized spacial score (nSPS) is 10.3. The fourth-order valence-corrected chi connectivity index (χ4v) is 1.82. The number of phenols is 1. The van der Waals surface area contributed by atoms with E-state index in [4.69, 9.17) is 11.6 Å². The predicted octanol–water partition coefficient (Wildman–Crippen LogP) is 4.02. The average Bonchev–Trinajstić information content (AvgIpc) is 2.17. The third-order valence-corrected chi connectivity index (χ3v) is 2.58. The van der Waals surface area contributed by atoms with Crippen molar-refractivity contribution in [2.45, 2.75) is 6.92 Å². The van der Waals surface area contributed by atoms with Crippen LogP contribution in [0.15, 0.2) is 42.5 Å². The molecule has 1 N–H and O–H groups in total. The van der Waals surface area contributed by atoms with Crippen molar-refractivity contribution >= 4 is 11.6 Å². The van der Waals surface area contributed by atoms with E-state index in [9.17, 15) is 5.11 Å². The first-order valence-corrected chi connectivity index (χ1v) is 5.10. The summed E-state index contributed by atoms with van der Waals surface area (Å²) in [6.07, 6.45) is 0. The zero-order valence-electron chi connectivity index (χ0n) is 8.37. The Morgan fingerprint density at radius 3 is 2.53 bits per heavy atom. The van der Waals surface area contributed by atoms with Crippen LogP contribution in [0.4, 0.5) is 0 Å². The molecular formula is C13H11ClO. The van der Waals surface area contributed by atoms with Gasteiger partial charge in [0.25, 0.3) is 0 Å². The molecule has 0 saturated carbocycles. The minimum absolute atomic E-state index is 0.290. The van der Waals surface area contributed by atoms with Crippen molar-refractivity contribution in [1.29, 1.82) is 0 Å². The van der Waals surface area contributed by atoms with E-state index in [0.29, 0.717) is 5.75 Å². The van der Waals surface area contributed by atoms with Crippen molar-refractivity contribution in [3.05, 3.63) is 53.1 Å². The highest BCUT2D eigenvalue weighted by molar-refractivity contribution is 6.30. The molecule has 1 nitrogen and oxygen atoms in total. The first kappa shape index (κ1) is 10.1. The minimum Gasteiger partial charge on any atom is -0.508 e. The minimum atomic E-state index is 0.290. The van der Waals surface area contributed by atoms with E-state index in [1.165, 1.54) is 0 Å². The van der Waals surface area contributed by atoms with Gasteiger partial charge in [-0.1, -0.05) is 29.8 Å². The lowest BCUT2D eigenvalue weighted by molar-refractivity contribution is 0.475. The summed E-state index contributed by atoms with van der Waals surface area (Å²) in [5.41, 5.74) is 3.20. The largest absolute Gasteiger partial charge is 0.508 e. The molecular weight excluding hydrogens is 208 g/mol. The maximum Gasteiger partial charge on any atom is 0.115 e. The highest BCUT2D eigenvalue weighted by atomic mass is 35.5. The van der Waals surface area contributed by atoms with Gasteiger partial charge in [0, 0.05) is 5.02 Å². The van der Waals surface area contributed by atoms with E-state index < -0.39 is 0 Å². The van der Waals surface area contributed by atoms with E-state index in [2.05, 4.69) is 0 Å². The lowest BCUT2D eigenvalue weighted by atomic mass is 10.0. The third kappa shape index (κ3) is 2.13. The summed E-state index contributed by atoms with van der Waals surface area (Å²) in [5, 5.41) is 10.0. The van der Waals surface area contributed by atoms with Gasteiger partial charge in [0.05, 0.1) is 0 Å². The van der Waals surface area contributed by atoms with Crippen LogP contribution in [0.25, 0.3) is 11.1 Å². The van der Waals surface area contributed by atoms with Gasteiger partial charge >= 0.3 is 0 Å². The topological polar surface area (TPSA) is 20.2 Å². The molecule has 0 fully saturated rings. The molecule has 15 heavy (non-hydrogen) atoms. The van der Waals surface area contributed by atoms with Crippen LogP contribution in [0, 0.1) is 6.92 Å². The van der Waals surface area contributed by atoms with Gasteiger partial charge < -0.3 is 5.11 Å². The Morgan fingerprint density at radius 1 is 1.07 bits per heavy atom. The van der Waals surface area contributed by atoms with Gasteiger partial charge in [-0.25, -0.2) is 0 Å². The molecule has 2 aromatic rings. The molecule has 0 aliphatic heterocycles. The number of hydrogen-bond donors (Lipinski definition) is 1. The van der Waals surface area contributed by atoms with Crippen molar-refractivity contribution in [2.75, 3.05) is 0 Å². The second-order valence-electron chi connectivity index (χ2n) is 3.51. The molecule has 0 radical (unpaired) electrons. The quantitative estimate of drug-likeness (QED) is 0.767. The van der Waals surface area contributed by atoms with E-state index in [1.807, 2.05) is 37.3 Å². The summed E-state index contributed by atoms with van der Waals surface area (Å²) in [4.78, 5) is 0. The maximum absolute atomic E-state index is 9.31. The predicted molar refractivity (Wildman–Crippen MR) is 63.3 cm³/mol. The molecule has 0 amide bonds. The SMILES string of the molecule is Cc1cc(O)ccc1-c1cccc(Cl)c1. The van der Waals surface area contributed by atoms with Crippen molar-refractivity contribution in [2.24, 2.45) is 0 Å². The number of hydrogen-bond acceptors (Lipinski definition) is 1. The molecule has 0 unspecified atom stereocenters. The van der Waals surface area contributed by atoms with E-state index in [1.54, 1.807) is 12.1 Å². The number of phenolic OH excluding ortho intramolecular Hbond substituents is 1. The van der Waals surface area contributed by atoms with Crippen molar-refractivity contribution in [1.82, 2.24) is 0 Å². The van der Waals surface area contributed by atoms with Crippen LogP contribution >= 0.6 is 11.6 Å². The third-order valence-electron chi connectivity index (χ3n) is 2.35. The number of aryl methyl sites for hydroxylation is 1. The van der Waals surface area contributed by atoms with Gasteiger partial charge in [-0.05, 0) is 47.9 Å². The Balaban J connectivity index is 2.54.